The third kappa shape index (κ3) is 4.42. The highest BCUT2D eigenvalue weighted by molar-refractivity contribution is 5.74. The molecular weight excluding hydrogens is 351 g/mol. The van der Waals surface area contributed by atoms with Crippen molar-refractivity contribution >= 4 is 5.91 Å². The standard InChI is InChI=1S/C24H37FN2O/c1-6-27(18(2)28)22-9-10-24(21-17-19(25)7-8-20(21)22)12-15-26(16-13-24)14-11-23(3,4)5/h7-8,17,22H,6,9-16H2,1-5H3/t22-/m0/s1. The Morgan fingerprint density at radius 1 is 1.25 bits per heavy atom. The van der Waals surface area contributed by atoms with E-state index < -0.39 is 0 Å². The van der Waals surface area contributed by atoms with E-state index in [9.17, 15) is 9.18 Å². The van der Waals surface area contributed by atoms with Gasteiger partial charge in [0, 0.05) is 13.5 Å². The Hall–Kier alpha value is -1.42. The molecule has 3 rings (SSSR count). The number of benzene rings is 1. The molecule has 1 aromatic rings. The molecule has 1 heterocycles. The summed E-state index contributed by atoms with van der Waals surface area (Å²) in [6.45, 7) is 14.6. The first-order valence-corrected chi connectivity index (χ1v) is 10.9. The summed E-state index contributed by atoms with van der Waals surface area (Å²) in [7, 11) is 0. The highest BCUT2D eigenvalue weighted by Gasteiger charge is 2.43. The van der Waals surface area contributed by atoms with Crippen LogP contribution in [-0.2, 0) is 10.2 Å². The predicted octanol–water partition coefficient (Wildman–Crippen LogP) is 5.30. The summed E-state index contributed by atoms with van der Waals surface area (Å²) in [6, 6.07) is 5.36. The first kappa shape index (κ1) is 21.3. The predicted molar refractivity (Wildman–Crippen MR) is 113 cm³/mol. The molecule has 1 atom stereocenters. The minimum absolute atomic E-state index is 0.0718. The van der Waals surface area contributed by atoms with E-state index in [-0.39, 0.29) is 23.2 Å². The average Bonchev–Trinajstić information content (AvgIpc) is 2.63. The van der Waals surface area contributed by atoms with Crippen molar-refractivity contribution in [1.29, 1.82) is 0 Å². The van der Waals surface area contributed by atoms with Crippen LogP contribution >= 0.6 is 0 Å². The molecule has 4 heteroatoms. The van der Waals surface area contributed by atoms with Crippen LogP contribution in [0.25, 0.3) is 0 Å². The molecule has 1 amide bonds. The van der Waals surface area contributed by atoms with Crippen molar-refractivity contribution in [1.82, 2.24) is 9.80 Å². The normalized spacial score (nSPS) is 22.1. The Morgan fingerprint density at radius 3 is 2.50 bits per heavy atom. The van der Waals surface area contributed by atoms with Gasteiger partial charge in [-0.15, -0.1) is 0 Å². The molecule has 156 valence electrons. The zero-order chi connectivity index (χ0) is 20.5. The number of halogens is 1. The number of rotatable bonds is 4. The highest BCUT2D eigenvalue weighted by Crippen LogP contribution is 2.49. The lowest BCUT2D eigenvalue weighted by molar-refractivity contribution is -0.131. The Bertz CT molecular complexity index is 701. The lowest BCUT2D eigenvalue weighted by Crippen LogP contribution is -2.47. The quantitative estimate of drug-likeness (QED) is 0.699. The maximum atomic E-state index is 14.2. The van der Waals surface area contributed by atoms with Gasteiger partial charge in [-0.05, 0) is 92.8 Å². The number of likely N-dealkylation sites (tertiary alicyclic amines) is 1. The molecule has 0 N–H and O–H groups in total. The van der Waals surface area contributed by atoms with Crippen molar-refractivity contribution in [3.63, 3.8) is 0 Å². The van der Waals surface area contributed by atoms with Gasteiger partial charge < -0.3 is 9.80 Å². The van der Waals surface area contributed by atoms with Crippen LogP contribution in [0.3, 0.4) is 0 Å². The minimum atomic E-state index is -0.153. The molecule has 0 unspecified atom stereocenters. The first-order valence-electron chi connectivity index (χ1n) is 10.9. The zero-order valence-corrected chi connectivity index (χ0v) is 18.4. The van der Waals surface area contributed by atoms with E-state index in [1.807, 2.05) is 17.9 Å². The van der Waals surface area contributed by atoms with Gasteiger partial charge in [0.2, 0.25) is 5.91 Å². The molecule has 0 radical (unpaired) electrons. The van der Waals surface area contributed by atoms with Crippen molar-refractivity contribution in [2.45, 2.75) is 78.2 Å². The molecule has 1 saturated heterocycles. The Balaban J connectivity index is 1.82. The number of fused-ring (bicyclic) bond motifs is 2. The van der Waals surface area contributed by atoms with Gasteiger partial charge in [0.1, 0.15) is 5.82 Å². The number of hydrogen-bond donors (Lipinski definition) is 0. The molecule has 28 heavy (non-hydrogen) atoms. The maximum absolute atomic E-state index is 14.2. The second-order valence-corrected chi connectivity index (χ2v) is 10.0. The van der Waals surface area contributed by atoms with E-state index in [0.717, 1.165) is 45.3 Å². The molecule has 0 bridgehead atoms. The Morgan fingerprint density at radius 2 is 1.93 bits per heavy atom. The fourth-order valence-electron chi connectivity index (χ4n) is 5.19. The zero-order valence-electron chi connectivity index (χ0n) is 18.4. The van der Waals surface area contributed by atoms with Crippen LogP contribution in [0.5, 0.6) is 0 Å². The van der Waals surface area contributed by atoms with Gasteiger partial charge in [-0.1, -0.05) is 26.8 Å². The molecule has 1 aromatic carbocycles. The van der Waals surface area contributed by atoms with Crippen LogP contribution in [0.1, 0.15) is 83.9 Å². The lowest BCUT2D eigenvalue weighted by atomic mass is 9.63. The fourth-order valence-corrected chi connectivity index (χ4v) is 5.19. The number of carbonyl (C=O) groups excluding carboxylic acids is 1. The van der Waals surface area contributed by atoms with Crippen LogP contribution in [0.2, 0.25) is 0 Å². The largest absolute Gasteiger partial charge is 0.336 e. The van der Waals surface area contributed by atoms with E-state index in [2.05, 4.69) is 25.7 Å². The molecule has 1 aliphatic carbocycles. The third-order valence-electron chi connectivity index (χ3n) is 6.95. The van der Waals surface area contributed by atoms with Crippen molar-refractivity contribution in [2.24, 2.45) is 5.41 Å². The van der Waals surface area contributed by atoms with Crippen LogP contribution in [-0.4, -0.2) is 41.9 Å². The van der Waals surface area contributed by atoms with E-state index in [1.54, 1.807) is 19.1 Å². The van der Waals surface area contributed by atoms with Crippen LogP contribution in [0.4, 0.5) is 4.39 Å². The van der Waals surface area contributed by atoms with Gasteiger partial charge in [0.25, 0.3) is 0 Å². The maximum Gasteiger partial charge on any atom is 0.219 e. The van der Waals surface area contributed by atoms with Gasteiger partial charge in [0.15, 0.2) is 0 Å². The summed E-state index contributed by atoms with van der Waals surface area (Å²) >= 11 is 0. The summed E-state index contributed by atoms with van der Waals surface area (Å²) in [5, 5.41) is 0. The van der Waals surface area contributed by atoms with Crippen LogP contribution in [0, 0.1) is 11.2 Å². The molecule has 0 saturated carbocycles. The monoisotopic (exact) mass is 388 g/mol. The number of amides is 1. The summed E-state index contributed by atoms with van der Waals surface area (Å²) in [6.07, 6.45) is 5.41. The molecule has 1 spiro atoms. The molecule has 1 aliphatic heterocycles. The summed E-state index contributed by atoms with van der Waals surface area (Å²) in [5.41, 5.74) is 2.77. The smallest absolute Gasteiger partial charge is 0.219 e. The summed E-state index contributed by atoms with van der Waals surface area (Å²) in [5.74, 6) is -0.0458. The number of carbonyl (C=O) groups is 1. The summed E-state index contributed by atoms with van der Waals surface area (Å²) < 4.78 is 14.2. The molecule has 2 aliphatic rings. The van der Waals surface area contributed by atoms with E-state index >= 15 is 0 Å². The van der Waals surface area contributed by atoms with Gasteiger partial charge in [0.05, 0.1) is 6.04 Å². The number of piperidine rings is 1. The average molecular weight is 389 g/mol. The van der Waals surface area contributed by atoms with Crippen molar-refractivity contribution in [2.75, 3.05) is 26.2 Å². The van der Waals surface area contributed by atoms with E-state index in [1.165, 1.54) is 17.5 Å². The Kier molecular flexibility index (Phi) is 6.19. The molecule has 1 fully saturated rings. The first-order chi connectivity index (χ1) is 13.1. The minimum Gasteiger partial charge on any atom is -0.336 e. The third-order valence-corrected chi connectivity index (χ3v) is 6.95. The van der Waals surface area contributed by atoms with Gasteiger partial charge in [-0.25, -0.2) is 4.39 Å². The second kappa shape index (κ2) is 8.14. The van der Waals surface area contributed by atoms with Crippen molar-refractivity contribution < 1.29 is 9.18 Å². The number of hydrogen-bond acceptors (Lipinski definition) is 2. The van der Waals surface area contributed by atoms with Crippen molar-refractivity contribution in [3.8, 4) is 0 Å². The molecule has 3 nitrogen and oxygen atoms in total. The summed E-state index contributed by atoms with van der Waals surface area (Å²) in [4.78, 5) is 16.7. The second-order valence-electron chi connectivity index (χ2n) is 10.0. The SMILES string of the molecule is CCN(C(C)=O)[C@H]1CCC2(CCN(CCC(C)(C)C)CC2)c2cc(F)ccc21. The van der Waals surface area contributed by atoms with Gasteiger partial charge in [-0.3, -0.25) is 4.79 Å². The Labute approximate surface area is 170 Å². The highest BCUT2D eigenvalue weighted by atomic mass is 19.1. The lowest BCUT2D eigenvalue weighted by Gasteiger charge is -2.49. The van der Waals surface area contributed by atoms with Crippen LogP contribution in [0.15, 0.2) is 18.2 Å². The van der Waals surface area contributed by atoms with Crippen molar-refractivity contribution in [3.05, 3.63) is 35.1 Å². The van der Waals surface area contributed by atoms with Crippen LogP contribution < -0.4 is 0 Å². The van der Waals surface area contributed by atoms with E-state index in [4.69, 9.17) is 0 Å². The fraction of sp³-hybridized carbons (Fsp3) is 0.708. The molecular formula is C24H37FN2O. The van der Waals surface area contributed by atoms with Gasteiger partial charge in [-0.2, -0.15) is 0 Å². The topological polar surface area (TPSA) is 23.6 Å². The number of nitrogens with zero attached hydrogens (tertiary/aromatic N) is 2. The van der Waals surface area contributed by atoms with Gasteiger partial charge >= 0.3 is 0 Å². The molecule has 0 aromatic heterocycles. The van der Waals surface area contributed by atoms with E-state index in [0.29, 0.717) is 12.0 Å².